The summed E-state index contributed by atoms with van der Waals surface area (Å²) in [6.45, 7) is 8.72. The van der Waals surface area contributed by atoms with Gasteiger partial charge >= 0.3 is 0 Å². The number of thioether (sulfide) groups is 1. The number of nitrogens with zero attached hydrogens (tertiary/aromatic N) is 1. The summed E-state index contributed by atoms with van der Waals surface area (Å²) in [5, 5.41) is 4.15. The molecule has 0 aromatic heterocycles. The number of hydrogen-bond donors (Lipinski definition) is 1. The Balaban J connectivity index is 2.07. The smallest absolute Gasteiger partial charge is 0.0511 e. The lowest BCUT2D eigenvalue weighted by molar-refractivity contribution is 0.720. The van der Waals surface area contributed by atoms with Crippen LogP contribution in [0.2, 0.25) is 0 Å². The fourth-order valence-corrected chi connectivity index (χ4v) is 4.23. The Morgan fingerprint density at radius 1 is 1.42 bits per heavy atom. The van der Waals surface area contributed by atoms with Gasteiger partial charge in [-0.1, -0.05) is 19.9 Å². The normalized spacial score (nSPS) is 19.7. The lowest BCUT2D eigenvalue weighted by atomic mass is 10.1. The number of benzene rings is 1. The minimum absolute atomic E-state index is 0.780. The molecule has 0 aliphatic carbocycles. The van der Waals surface area contributed by atoms with Crippen molar-refractivity contribution >= 4 is 33.4 Å². The molecule has 4 heteroatoms. The average molecular weight is 343 g/mol. The number of anilines is 1. The third kappa shape index (κ3) is 4.14. The molecule has 0 amide bonds. The molecule has 106 valence electrons. The standard InChI is InChI=1S/C15H23BrN2S/c1-3-13-11-18(7-8-19-13)15-6-5-12(9-14(15)16)10-17-4-2/h5-6,9,13,17H,3-4,7-8,10-11H2,1-2H3. The molecule has 2 rings (SSSR count). The highest BCUT2D eigenvalue weighted by Gasteiger charge is 2.20. The molecule has 1 aliphatic rings. The highest BCUT2D eigenvalue weighted by molar-refractivity contribution is 9.10. The second-order valence-electron chi connectivity index (χ2n) is 4.91. The maximum Gasteiger partial charge on any atom is 0.0511 e. The first-order valence-electron chi connectivity index (χ1n) is 7.10. The number of hydrogen-bond acceptors (Lipinski definition) is 3. The molecule has 0 saturated carbocycles. The van der Waals surface area contributed by atoms with Crippen molar-refractivity contribution in [2.24, 2.45) is 0 Å². The van der Waals surface area contributed by atoms with E-state index in [2.05, 4.69) is 70.0 Å². The number of nitrogens with one attached hydrogen (secondary N) is 1. The van der Waals surface area contributed by atoms with Crippen LogP contribution in [-0.4, -0.2) is 30.6 Å². The summed E-state index contributed by atoms with van der Waals surface area (Å²) in [6.07, 6.45) is 1.26. The highest BCUT2D eigenvalue weighted by Crippen LogP contribution is 2.31. The van der Waals surface area contributed by atoms with Crippen molar-refractivity contribution in [3.8, 4) is 0 Å². The van der Waals surface area contributed by atoms with E-state index in [1.54, 1.807) is 0 Å². The molecular formula is C15H23BrN2S. The molecule has 1 unspecified atom stereocenters. The maximum atomic E-state index is 3.74. The van der Waals surface area contributed by atoms with Crippen LogP contribution in [0.25, 0.3) is 0 Å². The van der Waals surface area contributed by atoms with Crippen LogP contribution in [0.1, 0.15) is 25.8 Å². The van der Waals surface area contributed by atoms with Gasteiger partial charge in [0.15, 0.2) is 0 Å². The first-order valence-corrected chi connectivity index (χ1v) is 8.94. The zero-order valence-electron chi connectivity index (χ0n) is 11.8. The molecule has 1 N–H and O–H groups in total. The summed E-state index contributed by atoms with van der Waals surface area (Å²) in [5.41, 5.74) is 2.69. The van der Waals surface area contributed by atoms with Gasteiger partial charge in [-0.05, 0) is 46.6 Å². The van der Waals surface area contributed by atoms with Crippen molar-refractivity contribution in [3.63, 3.8) is 0 Å². The van der Waals surface area contributed by atoms with Gasteiger partial charge in [0.2, 0.25) is 0 Å². The fraction of sp³-hybridized carbons (Fsp3) is 0.600. The largest absolute Gasteiger partial charge is 0.369 e. The van der Waals surface area contributed by atoms with E-state index in [0.29, 0.717) is 0 Å². The highest BCUT2D eigenvalue weighted by atomic mass is 79.9. The fourth-order valence-electron chi connectivity index (χ4n) is 2.37. The third-order valence-electron chi connectivity index (χ3n) is 3.53. The van der Waals surface area contributed by atoms with Crippen LogP contribution in [0, 0.1) is 0 Å². The van der Waals surface area contributed by atoms with Crippen molar-refractivity contribution in [2.45, 2.75) is 32.1 Å². The lowest BCUT2D eigenvalue weighted by Crippen LogP contribution is -2.37. The summed E-state index contributed by atoms with van der Waals surface area (Å²) in [6, 6.07) is 6.76. The summed E-state index contributed by atoms with van der Waals surface area (Å²) < 4.78 is 1.23. The molecule has 1 saturated heterocycles. The Labute approximate surface area is 129 Å². The zero-order chi connectivity index (χ0) is 13.7. The predicted octanol–water partition coefficient (Wildman–Crippen LogP) is 3.89. The first-order chi connectivity index (χ1) is 9.24. The second-order valence-corrected chi connectivity index (χ2v) is 7.18. The topological polar surface area (TPSA) is 15.3 Å². The molecular weight excluding hydrogens is 320 g/mol. The van der Waals surface area contributed by atoms with Gasteiger partial charge in [-0.15, -0.1) is 0 Å². The van der Waals surface area contributed by atoms with Gasteiger partial charge in [0.05, 0.1) is 5.69 Å². The van der Waals surface area contributed by atoms with Gasteiger partial charge in [-0.2, -0.15) is 11.8 Å². The van der Waals surface area contributed by atoms with Crippen LogP contribution in [0.3, 0.4) is 0 Å². The van der Waals surface area contributed by atoms with E-state index in [1.165, 1.54) is 34.4 Å². The van der Waals surface area contributed by atoms with E-state index < -0.39 is 0 Å². The van der Waals surface area contributed by atoms with Crippen molar-refractivity contribution in [1.29, 1.82) is 0 Å². The zero-order valence-corrected chi connectivity index (χ0v) is 14.2. The SMILES string of the molecule is CCNCc1ccc(N2CCSC(CC)C2)c(Br)c1. The Morgan fingerprint density at radius 2 is 2.26 bits per heavy atom. The van der Waals surface area contributed by atoms with Crippen LogP contribution in [0.15, 0.2) is 22.7 Å². The van der Waals surface area contributed by atoms with Gasteiger partial charge < -0.3 is 10.2 Å². The Bertz CT molecular complexity index is 411. The molecule has 1 aliphatic heterocycles. The van der Waals surface area contributed by atoms with Gasteiger partial charge in [-0.3, -0.25) is 0 Å². The van der Waals surface area contributed by atoms with E-state index in [4.69, 9.17) is 0 Å². The molecule has 1 aromatic rings. The lowest BCUT2D eigenvalue weighted by Gasteiger charge is -2.34. The van der Waals surface area contributed by atoms with E-state index in [-0.39, 0.29) is 0 Å². The number of rotatable bonds is 5. The van der Waals surface area contributed by atoms with E-state index in [0.717, 1.165) is 24.9 Å². The van der Waals surface area contributed by atoms with Gasteiger partial charge in [0, 0.05) is 35.1 Å². The molecule has 1 heterocycles. The predicted molar refractivity (Wildman–Crippen MR) is 90.3 cm³/mol. The van der Waals surface area contributed by atoms with E-state index in [9.17, 15) is 0 Å². The van der Waals surface area contributed by atoms with E-state index in [1.807, 2.05) is 0 Å². The summed E-state index contributed by atoms with van der Waals surface area (Å²) in [5.74, 6) is 1.24. The van der Waals surface area contributed by atoms with Crippen LogP contribution in [0.4, 0.5) is 5.69 Å². The molecule has 0 radical (unpaired) electrons. The van der Waals surface area contributed by atoms with Gasteiger partial charge in [0.25, 0.3) is 0 Å². The molecule has 19 heavy (non-hydrogen) atoms. The minimum atomic E-state index is 0.780. The van der Waals surface area contributed by atoms with Gasteiger partial charge in [-0.25, -0.2) is 0 Å². The maximum absolute atomic E-state index is 3.74. The van der Waals surface area contributed by atoms with E-state index >= 15 is 0 Å². The van der Waals surface area contributed by atoms with Crippen LogP contribution in [-0.2, 0) is 6.54 Å². The molecule has 2 nitrogen and oxygen atoms in total. The molecule has 0 spiro atoms. The molecule has 1 aromatic carbocycles. The molecule has 1 atom stereocenters. The van der Waals surface area contributed by atoms with Crippen molar-refractivity contribution in [3.05, 3.63) is 28.2 Å². The average Bonchev–Trinajstić information content (AvgIpc) is 2.45. The minimum Gasteiger partial charge on any atom is -0.369 e. The number of halogens is 1. The summed E-state index contributed by atoms with van der Waals surface area (Å²) in [4.78, 5) is 2.52. The van der Waals surface area contributed by atoms with Gasteiger partial charge in [0.1, 0.15) is 0 Å². The Kier molecular flexibility index (Phi) is 6.05. The van der Waals surface area contributed by atoms with Crippen molar-refractivity contribution in [1.82, 2.24) is 5.32 Å². The molecule has 1 fully saturated rings. The van der Waals surface area contributed by atoms with Crippen LogP contribution >= 0.6 is 27.7 Å². The van der Waals surface area contributed by atoms with Crippen molar-refractivity contribution in [2.75, 3.05) is 30.3 Å². The van der Waals surface area contributed by atoms with Crippen LogP contribution in [0.5, 0.6) is 0 Å². The second kappa shape index (κ2) is 7.55. The summed E-state index contributed by atoms with van der Waals surface area (Å²) in [7, 11) is 0. The van der Waals surface area contributed by atoms with Crippen molar-refractivity contribution < 1.29 is 0 Å². The summed E-state index contributed by atoms with van der Waals surface area (Å²) >= 11 is 5.85. The Morgan fingerprint density at radius 3 is 2.95 bits per heavy atom. The third-order valence-corrected chi connectivity index (χ3v) is 5.53. The molecule has 0 bridgehead atoms. The first kappa shape index (κ1) is 15.2. The quantitative estimate of drug-likeness (QED) is 0.873. The van der Waals surface area contributed by atoms with Crippen LogP contribution < -0.4 is 10.2 Å². The monoisotopic (exact) mass is 342 g/mol. The Hall–Kier alpha value is -0.190.